The Morgan fingerprint density at radius 2 is 1.83 bits per heavy atom. The predicted octanol–water partition coefficient (Wildman–Crippen LogP) is 4.83. The van der Waals surface area contributed by atoms with Crippen molar-refractivity contribution in [1.82, 2.24) is 4.98 Å². The fourth-order valence-corrected chi connectivity index (χ4v) is 2.81. The maximum Gasteiger partial charge on any atom is 0.140 e. The van der Waals surface area contributed by atoms with Gasteiger partial charge in [0, 0.05) is 10.4 Å². The van der Waals surface area contributed by atoms with Crippen LogP contribution in [0.3, 0.4) is 0 Å². The highest BCUT2D eigenvalue weighted by atomic mass is 35.5. The lowest BCUT2D eigenvalue weighted by Gasteiger charge is -2.05. The molecule has 120 valence electrons. The quantitative estimate of drug-likeness (QED) is 0.635. The third-order valence-electron chi connectivity index (χ3n) is 3.16. The van der Waals surface area contributed by atoms with Gasteiger partial charge in [-0.25, -0.2) is 4.98 Å². The maximum atomic E-state index is 9.05. The SMILES string of the molecule is N#Cc1ccccc1OCc1csc(COc2ccc(Cl)cc2)n1. The lowest BCUT2D eigenvalue weighted by atomic mass is 10.2. The number of thiazole rings is 1. The van der Waals surface area contributed by atoms with Gasteiger partial charge >= 0.3 is 0 Å². The van der Waals surface area contributed by atoms with Gasteiger partial charge in [-0.2, -0.15) is 5.26 Å². The van der Waals surface area contributed by atoms with Crippen LogP contribution in [0.1, 0.15) is 16.3 Å². The maximum absolute atomic E-state index is 9.05. The Morgan fingerprint density at radius 3 is 2.62 bits per heavy atom. The number of benzene rings is 2. The molecule has 3 rings (SSSR count). The highest BCUT2D eigenvalue weighted by molar-refractivity contribution is 7.09. The molecular formula is C18H13ClN2O2S. The first kappa shape index (κ1) is 16.3. The van der Waals surface area contributed by atoms with Crippen molar-refractivity contribution in [2.75, 3.05) is 0 Å². The van der Waals surface area contributed by atoms with Crippen LogP contribution in [0.2, 0.25) is 5.02 Å². The molecule has 0 radical (unpaired) electrons. The van der Waals surface area contributed by atoms with Crippen LogP contribution in [-0.4, -0.2) is 4.98 Å². The third-order valence-corrected chi connectivity index (χ3v) is 4.28. The second kappa shape index (κ2) is 7.82. The fourth-order valence-electron chi connectivity index (χ4n) is 1.99. The molecule has 1 aromatic heterocycles. The van der Waals surface area contributed by atoms with Crippen LogP contribution in [0.15, 0.2) is 53.9 Å². The van der Waals surface area contributed by atoms with Gasteiger partial charge in [0.05, 0.1) is 11.3 Å². The summed E-state index contributed by atoms with van der Waals surface area (Å²) in [5.41, 5.74) is 1.32. The molecule has 24 heavy (non-hydrogen) atoms. The van der Waals surface area contributed by atoms with Gasteiger partial charge in [0.1, 0.15) is 35.8 Å². The molecule has 0 unspecified atom stereocenters. The number of nitriles is 1. The van der Waals surface area contributed by atoms with Gasteiger partial charge in [0.15, 0.2) is 0 Å². The van der Waals surface area contributed by atoms with Crippen molar-refractivity contribution in [3.8, 4) is 17.6 Å². The summed E-state index contributed by atoms with van der Waals surface area (Å²) in [4.78, 5) is 4.47. The van der Waals surface area contributed by atoms with Crippen LogP contribution < -0.4 is 9.47 Å². The molecule has 0 saturated carbocycles. The third kappa shape index (κ3) is 4.25. The number of aromatic nitrogens is 1. The van der Waals surface area contributed by atoms with Gasteiger partial charge in [-0.15, -0.1) is 11.3 Å². The topological polar surface area (TPSA) is 55.1 Å². The number of hydrogen-bond donors (Lipinski definition) is 0. The van der Waals surface area contributed by atoms with E-state index in [0.29, 0.717) is 29.5 Å². The van der Waals surface area contributed by atoms with Crippen molar-refractivity contribution >= 4 is 22.9 Å². The Balaban J connectivity index is 1.55. The first-order valence-electron chi connectivity index (χ1n) is 7.18. The molecule has 0 aliphatic carbocycles. The molecule has 1 heterocycles. The van der Waals surface area contributed by atoms with Crippen molar-refractivity contribution in [3.05, 3.63) is 75.2 Å². The Kier molecular flexibility index (Phi) is 5.32. The molecule has 3 aromatic rings. The number of halogens is 1. The zero-order valence-electron chi connectivity index (χ0n) is 12.6. The molecule has 0 aliphatic heterocycles. The number of rotatable bonds is 6. The second-order valence-corrected chi connectivity index (χ2v) is 6.25. The summed E-state index contributed by atoms with van der Waals surface area (Å²) in [5, 5.41) is 12.5. The number of para-hydroxylation sites is 1. The van der Waals surface area contributed by atoms with E-state index < -0.39 is 0 Å². The zero-order valence-corrected chi connectivity index (χ0v) is 14.2. The van der Waals surface area contributed by atoms with Gasteiger partial charge in [0.25, 0.3) is 0 Å². The first-order valence-corrected chi connectivity index (χ1v) is 8.44. The van der Waals surface area contributed by atoms with E-state index >= 15 is 0 Å². The van der Waals surface area contributed by atoms with E-state index in [4.69, 9.17) is 26.3 Å². The molecule has 0 atom stereocenters. The second-order valence-electron chi connectivity index (χ2n) is 4.87. The molecule has 0 aliphatic rings. The molecule has 0 saturated heterocycles. The highest BCUT2D eigenvalue weighted by Crippen LogP contribution is 2.20. The molecule has 0 fully saturated rings. The van der Waals surface area contributed by atoms with Crippen molar-refractivity contribution in [2.24, 2.45) is 0 Å². The largest absolute Gasteiger partial charge is 0.486 e. The summed E-state index contributed by atoms with van der Waals surface area (Å²) < 4.78 is 11.3. The molecule has 4 nitrogen and oxygen atoms in total. The Morgan fingerprint density at radius 1 is 1.04 bits per heavy atom. The fraction of sp³-hybridized carbons (Fsp3) is 0.111. The number of nitrogens with zero attached hydrogens (tertiary/aromatic N) is 2. The van der Waals surface area contributed by atoms with Gasteiger partial charge in [-0.1, -0.05) is 23.7 Å². The van der Waals surface area contributed by atoms with Crippen molar-refractivity contribution in [2.45, 2.75) is 13.2 Å². The average Bonchev–Trinajstić information content (AvgIpc) is 3.07. The summed E-state index contributed by atoms with van der Waals surface area (Å²) in [5.74, 6) is 1.31. The van der Waals surface area contributed by atoms with E-state index in [9.17, 15) is 0 Å². The molecule has 0 spiro atoms. The van der Waals surface area contributed by atoms with E-state index in [1.165, 1.54) is 11.3 Å². The minimum atomic E-state index is 0.316. The van der Waals surface area contributed by atoms with Crippen LogP contribution >= 0.6 is 22.9 Å². The minimum absolute atomic E-state index is 0.316. The lowest BCUT2D eigenvalue weighted by molar-refractivity contribution is 0.294. The van der Waals surface area contributed by atoms with E-state index in [-0.39, 0.29) is 0 Å². The normalized spacial score (nSPS) is 10.2. The van der Waals surface area contributed by atoms with Crippen LogP contribution in [0.4, 0.5) is 0 Å². The summed E-state index contributed by atoms with van der Waals surface area (Å²) in [6, 6.07) is 16.4. The van der Waals surface area contributed by atoms with Crippen molar-refractivity contribution in [3.63, 3.8) is 0 Å². The van der Waals surface area contributed by atoms with Crippen LogP contribution in [0, 0.1) is 11.3 Å². The molecular weight excluding hydrogens is 344 g/mol. The molecule has 0 amide bonds. The van der Waals surface area contributed by atoms with E-state index in [1.807, 2.05) is 23.6 Å². The summed E-state index contributed by atoms with van der Waals surface area (Å²) in [6.45, 7) is 0.706. The van der Waals surface area contributed by atoms with Crippen LogP contribution in [-0.2, 0) is 13.2 Å². The van der Waals surface area contributed by atoms with E-state index in [0.717, 1.165) is 16.5 Å². The lowest BCUT2D eigenvalue weighted by Crippen LogP contribution is -1.99. The Labute approximate surface area is 148 Å². The monoisotopic (exact) mass is 356 g/mol. The Bertz CT molecular complexity index is 856. The average molecular weight is 357 g/mol. The minimum Gasteiger partial charge on any atom is -0.486 e. The van der Waals surface area contributed by atoms with Crippen molar-refractivity contribution in [1.29, 1.82) is 5.26 Å². The number of ether oxygens (including phenoxy) is 2. The molecule has 0 N–H and O–H groups in total. The summed E-state index contributed by atoms with van der Waals surface area (Å²) in [6.07, 6.45) is 0. The standard InChI is InChI=1S/C18H13ClN2O2S/c19-14-5-7-16(8-6-14)22-11-18-21-15(12-24-18)10-23-17-4-2-1-3-13(17)9-20/h1-8,12H,10-11H2. The van der Waals surface area contributed by atoms with Crippen molar-refractivity contribution < 1.29 is 9.47 Å². The highest BCUT2D eigenvalue weighted by Gasteiger charge is 2.06. The molecule has 6 heteroatoms. The van der Waals surface area contributed by atoms with Gasteiger partial charge < -0.3 is 9.47 Å². The van der Waals surface area contributed by atoms with Gasteiger partial charge in [0.2, 0.25) is 0 Å². The van der Waals surface area contributed by atoms with E-state index in [2.05, 4.69) is 11.1 Å². The smallest absolute Gasteiger partial charge is 0.140 e. The summed E-state index contributed by atoms with van der Waals surface area (Å²) >= 11 is 7.35. The number of hydrogen-bond acceptors (Lipinski definition) is 5. The van der Waals surface area contributed by atoms with Gasteiger partial charge in [-0.3, -0.25) is 0 Å². The van der Waals surface area contributed by atoms with Crippen LogP contribution in [0.5, 0.6) is 11.5 Å². The van der Waals surface area contributed by atoms with E-state index in [1.54, 1.807) is 30.3 Å². The molecule has 2 aromatic carbocycles. The first-order chi connectivity index (χ1) is 11.7. The Hall–Kier alpha value is -2.55. The van der Waals surface area contributed by atoms with Crippen LogP contribution in [0.25, 0.3) is 0 Å². The molecule has 0 bridgehead atoms. The zero-order chi connectivity index (χ0) is 16.8. The summed E-state index contributed by atoms with van der Waals surface area (Å²) in [7, 11) is 0. The predicted molar refractivity (Wildman–Crippen MR) is 93.4 cm³/mol. The van der Waals surface area contributed by atoms with Gasteiger partial charge in [-0.05, 0) is 36.4 Å².